The molecule has 0 atom stereocenters. The first kappa shape index (κ1) is 38.8. The lowest BCUT2D eigenvalue weighted by Crippen LogP contribution is -2.49. The number of nitrogens with zero attached hydrogens (tertiary/aromatic N) is 5. The number of hydrogen-bond acceptors (Lipinski definition) is 11. The fourth-order valence-electron chi connectivity index (χ4n) is 5.03. The fraction of sp³-hybridized carbons (Fsp3) is 0.447. The number of aldehydes is 1. The lowest BCUT2D eigenvalue weighted by Gasteiger charge is -2.35. The van der Waals surface area contributed by atoms with Crippen molar-refractivity contribution >= 4 is 18.5 Å². The Labute approximate surface area is 299 Å². The van der Waals surface area contributed by atoms with Crippen LogP contribution in [0.4, 0.5) is 9.59 Å². The highest BCUT2D eigenvalue weighted by molar-refractivity contribution is 5.74. The zero-order chi connectivity index (χ0) is 36.9. The van der Waals surface area contributed by atoms with E-state index >= 15 is 0 Å². The van der Waals surface area contributed by atoms with Crippen LogP contribution in [0.5, 0.6) is 0 Å². The van der Waals surface area contributed by atoms with Crippen LogP contribution in [0.2, 0.25) is 0 Å². The second kappa shape index (κ2) is 18.3. The molecule has 13 nitrogen and oxygen atoms in total. The minimum Gasteiger partial charge on any atom is -0.444 e. The van der Waals surface area contributed by atoms with E-state index in [-0.39, 0.29) is 17.8 Å². The minimum atomic E-state index is -0.456. The topological polar surface area (TPSA) is 143 Å². The smallest absolute Gasteiger partial charge is 0.410 e. The number of rotatable bonds is 5. The first-order chi connectivity index (χ1) is 24.3. The molecule has 2 aromatic carbocycles. The van der Waals surface area contributed by atoms with E-state index in [1.807, 2.05) is 108 Å². The van der Waals surface area contributed by atoms with Gasteiger partial charge in [0, 0.05) is 82.2 Å². The Morgan fingerprint density at radius 3 is 1.65 bits per heavy atom. The van der Waals surface area contributed by atoms with Gasteiger partial charge in [0.15, 0.2) is 17.8 Å². The van der Waals surface area contributed by atoms with Crippen molar-refractivity contribution in [1.29, 1.82) is 0 Å². The van der Waals surface area contributed by atoms with Crippen molar-refractivity contribution in [3.8, 4) is 22.6 Å². The molecule has 2 amide bonds. The second-order valence-corrected chi connectivity index (χ2v) is 14.1. The highest BCUT2D eigenvalue weighted by atomic mass is 16.6. The van der Waals surface area contributed by atoms with Crippen LogP contribution in [0.1, 0.15) is 57.7 Å². The Balaban J connectivity index is 0.000000189. The number of carbonyl (C=O) groups is 3. The molecule has 0 aliphatic carbocycles. The fourth-order valence-corrected chi connectivity index (χ4v) is 5.03. The van der Waals surface area contributed by atoms with Crippen molar-refractivity contribution < 1.29 is 32.9 Å². The Bertz CT molecular complexity index is 1650. The summed E-state index contributed by atoms with van der Waals surface area (Å²) in [4.78, 5) is 39.7. The lowest BCUT2D eigenvalue weighted by molar-refractivity contribution is 0.0136. The van der Waals surface area contributed by atoms with Crippen LogP contribution >= 0.6 is 0 Å². The zero-order valence-electron chi connectivity index (χ0n) is 30.5. The van der Waals surface area contributed by atoms with E-state index in [2.05, 4.69) is 20.5 Å². The molecule has 0 spiro atoms. The molecule has 2 aliphatic rings. The number of ether oxygens (including phenoxy) is 2. The van der Waals surface area contributed by atoms with Gasteiger partial charge >= 0.3 is 12.2 Å². The molecule has 1 N–H and O–H groups in total. The molecular weight excluding hydrogens is 652 g/mol. The van der Waals surface area contributed by atoms with E-state index in [4.69, 9.17) is 18.5 Å². The standard InChI is InChI=1S/C19H25N3O3.C10H7NO2.C9H18N2O2/c1-19(2,3)24-18(23)22-11-9-21(10-12-22)14-16-13-17(25-20-16)15-7-5-4-6-8-15;12-7-9-6-10(13-11-9)8-4-2-1-3-5-8;1-9(2,3)13-8(12)11-6-4-10-5-7-11/h4-8,13H,9-12,14H2,1-3H3;1-7H;10H,4-7H2,1-3H3. The Hall–Kier alpha value is -5.01. The average molecular weight is 703 g/mol. The van der Waals surface area contributed by atoms with Crippen molar-refractivity contribution in [2.24, 2.45) is 0 Å². The maximum atomic E-state index is 12.1. The van der Waals surface area contributed by atoms with Crippen LogP contribution < -0.4 is 5.32 Å². The van der Waals surface area contributed by atoms with Crippen molar-refractivity contribution in [2.45, 2.75) is 59.3 Å². The summed E-state index contributed by atoms with van der Waals surface area (Å²) < 4.78 is 21.1. The van der Waals surface area contributed by atoms with Gasteiger partial charge in [0.25, 0.3) is 0 Å². The molecule has 2 saturated heterocycles. The highest BCUT2D eigenvalue weighted by Gasteiger charge is 2.26. The molecule has 13 heteroatoms. The van der Waals surface area contributed by atoms with Crippen LogP contribution in [0.15, 0.2) is 81.8 Å². The van der Waals surface area contributed by atoms with Gasteiger partial charge in [-0.2, -0.15) is 0 Å². The van der Waals surface area contributed by atoms with E-state index in [0.29, 0.717) is 30.8 Å². The predicted molar refractivity (Wildman–Crippen MR) is 193 cm³/mol. The number of hydrogen-bond donors (Lipinski definition) is 1. The van der Waals surface area contributed by atoms with Gasteiger partial charge in [0.05, 0.1) is 5.69 Å². The molecule has 0 saturated carbocycles. The predicted octanol–water partition coefficient (Wildman–Crippen LogP) is 6.38. The summed E-state index contributed by atoms with van der Waals surface area (Å²) in [5.74, 6) is 1.39. The molecule has 2 aliphatic heterocycles. The van der Waals surface area contributed by atoms with E-state index in [1.54, 1.807) is 15.9 Å². The van der Waals surface area contributed by atoms with Gasteiger partial charge in [-0.25, -0.2) is 9.59 Å². The summed E-state index contributed by atoms with van der Waals surface area (Å²) >= 11 is 0. The Kier molecular flexibility index (Phi) is 13.9. The summed E-state index contributed by atoms with van der Waals surface area (Å²) in [6.45, 7) is 18.2. The first-order valence-electron chi connectivity index (χ1n) is 17.2. The second-order valence-electron chi connectivity index (χ2n) is 14.1. The third-order valence-electron chi connectivity index (χ3n) is 7.50. The number of amides is 2. The minimum absolute atomic E-state index is 0.200. The van der Waals surface area contributed by atoms with Gasteiger partial charge in [-0.1, -0.05) is 71.0 Å². The lowest BCUT2D eigenvalue weighted by atomic mass is 10.1. The number of carbonyl (C=O) groups excluding carboxylic acids is 3. The molecular formula is C38H50N6O7. The van der Waals surface area contributed by atoms with Gasteiger partial charge in [-0.15, -0.1) is 0 Å². The van der Waals surface area contributed by atoms with Gasteiger partial charge in [0.1, 0.15) is 16.9 Å². The molecule has 4 aromatic rings. The molecule has 2 fully saturated rings. The van der Waals surface area contributed by atoms with Crippen LogP contribution in [-0.4, -0.2) is 107 Å². The number of nitrogens with one attached hydrogen (secondary N) is 1. The normalized spacial score (nSPS) is 15.1. The maximum Gasteiger partial charge on any atom is 0.410 e. The van der Waals surface area contributed by atoms with E-state index < -0.39 is 5.60 Å². The maximum absolute atomic E-state index is 12.1. The Morgan fingerprint density at radius 2 is 1.18 bits per heavy atom. The SMILES string of the molecule is CC(C)(C)OC(=O)N1CCN(Cc2cc(-c3ccccc3)on2)CC1.CC(C)(C)OC(=O)N1CCNCC1.O=Cc1cc(-c2ccccc2)on1. The van der Waals surface area contributed by atoms with Crippen molar-refractivity contribution in [3.63, 3.8) is 0 Å². The molecule has 274 valence electrons. The van der Waals surface area contributed by atoms with E-state index in [9.17, 15) is 14.4 Å². The van der Waals surface area contributed by atoms with Gasteiger partial charge in [0.2, 0.25) is 0 Å². The Morgan fingerprint density at radius 1 is 0.706 bits per heavy atom. The summed E-state index contributed by atoms with van der Waals surface area (Å²) in [5, 5.41) is 10.9. The summed E-state index contributed by atoms with van der Waals surface area (Å²) in [5.41, 5.74) is 2.33. The molecule has 51 heavy (non-hydrogen) atoms. The third kappa shape index (κ3) is 13.3. The van der Waals surface area contributed by atoms with E-state index in [0.717, 1.165) is 68.4 Å². The largest absolute Gasteiger partial charge is 0.444 e. The van der Waals surface area contributed by atoms with Crippen LogP contribution in [0.25, 0.3) is 22.6 Å². The molecule has 0 bridgehead atoms. The van der Waals surface area contributed by atoms with E-state index in [1.165, 1.54) is 0 Å². The number of aromatic nitrogens is 2. The van der Waals surface area contributed by atoms with Gasteiger partial charge in [-0.05, 0) is 41.5 Å². The molecule has 6 rings (SSSR count). The van der Waals surface area contributed by atoms with Crippen LogP contribution in [0, 0.1) is 0 Å². The molecule has 0 unspecified atom stereocenters. The average Bonchev–Trinajstić information content (AvgIpc) is 3.79. The summed E-state index contributed by atoms with van der Waals surface area (Å²) in [6, 6.07) is 23.1. The van der Waals surface area contributed by atoms with Crippen molar-refractivity contribution in [2.75, 3.05) is 52.4 Å². The molecule has 4 heterocycles. The first-order valence-corrected chi connectivity index (χ1v) is 17.2. The number of benzene rings is 2. The van der Waals surface area contributed by atoms with Crippen molar-refractivity contribution in [1.82, 2.24) is 30.3 Å². The highest BCUT2D eigenvalue weighted by Crippen LogP contribution is 2.21. The number of piperazine rings is 2. The van der Waals surface area contributed by atoms with Crippen LogP contribution in [-0.2, 0) is 16.0 Å². The van der Waals surface area contributed by atoms with Gasteiger partial charge < -0.3 is 33.6 Å². The summed E-state index contributed by atoms with van der Waals surface area (Å²) in [6.07, 6.45) is 0.226. The zero-order valence-corrected chi connectivity index (χ0v) is 30.5. The third-order valence-corrected chi connectivity index (χ3v) is 7.50. The van der Waals surface area contributed by atoms with Crippen LogP contribution in [0.3, 0.4) is 0 Å². The summed E-state index contributed by atoms with van der Waals surface area (Å²) in [7, 11) is 0. The molecule has 0 radical (unpaired) electrons. The quantitative estimate of drug-likeness (QED) is 0.232. The van der Waals surface area contributed by atoms with Gasteiger partial charge in [-0.3, -0.25) is 9.69 Å². The molecule has 2 aromatic heterocycles. The monoisotopic (exact) mass is 702 g/mol. The van der Waals surface area contributed by atoms with Crippen molar-refractivity contribution in [3.05, 3.63) is 84.2 Å².